The zero-order valence-corrected chi connectivity index (χ0v) is 15.3. The van der Waals surface area contributed by atoms with Gasteiger partial charge in [-0.25, -0.2) is 0 Å². The summed E-state index contributed by atoms with van der Waals surface area (Å²) in [6.07, 6.45) is 6.20. The highest BCUT2D eigenvalue weighted by atomic mass is 16.4. The number of carboxylic acids is 1. The smallest absolute Gasteiger partial charge is 0.304 e. The number of aromatic nitrogens is 1. The molecule has 0 spiro atoms. The molecule has 27 heavy (non-hydrogen) atoms. The first-order chi connectivity index (χ1) is 13.1. The number of hydrogen-bond acceptors (Lipinski definition) is 4. The topological polar surface area (TPSA) is 82.5 Å². The molecule has 1 aliphatic heterocycles. The number of likely N-dealkylation sites (tertiary alicyclic amines) is 1. The van der Waals surface area contributed by atoms with E-state index in [-0.39, 0.29) is 24.4 Å². The number of fused-ring (bicyclic) bond motifs is 1. The van der Waals surface area contributed by atoms with E-state index in [9.17, 15) is 14.7 Å². The number of rotatable bonds is 7. The maximum atomic E-state index is 12.8. The summed E-state index contributed by atoms with van der Waals surface area (Å²) < 4.78 is 0. The Kier molecular flexibility index (Phi) is 5.07. The van der Waals surface area contributed by atoms with Crippen molar-refractivity contribution in [1.82, 2.24) is 15.2 Å². The Hall–Kier alpha value is -2.47. The Balaban J connectivity index is 1.43. The zero-order chi connectivity index (χ0) is 18.8. The molecule has 142 valence electrons. The molecular weight excluding hydrogens is 342 g/mol. The van der Waals surface area contributed by atoms with E-state index in [0.29, 0.717) is 18.0 Å². The number of amides is 1. The summed E-state index contributed by atoms with van der Waals surface area (Å²) in [5, 5.41) is 13.1. The number of pyridine rings is 1. The summed E-state index contributed by atoms with van der Waals surface area (Å²) >= 11 is 0. The van der Waals surface area contributed by atoms with Crippen molar-refractivity contribution in [2.75, 3.05) is 13.1 Å². The summed E-state index contributed by atoms with van der Waals surface area (Å²) in [4.78, 5) is 30.6. The van der Waals surface area contributed by atoms with Crippen LogP contribution in [0.15, 0.2) is 36.5 Å². The Bertz CT molecular complexity index is 844. The van der Waals surface area contributed by atoms with Crippen LogP contribution in [0.3, 0.4) is 0 Å². The molecule has 2 atom stereocenters. The lowest BCUT2D eigenvalue weighted by Gasteiger charge is -2.29. The van der Waals surface area contributed by atoms with Gasteiger partial charge in [0.1, 0.15) is 0 Å². The van der Waals surface area contributed by atoms with Gasteiger partial charge in [-0.1, -0.05) is 12.1 Å². The molecule has 6 heteroatoms. The van der Waals surface area contributed by atoms with E-state index < -0.39 is 5.97 Å². The lowest BCUT2D eigenvalue weighted by Crippen LogP contribution is -2.44. The van der Waals surface area contributed by atoms with Crippen LogP contribution in [0.2, 0.25) is 0 Å². The van der Waals surface area contributed by atoms with Gasteiger partial charge in [-0.2, -0.15) is 0 Å². The molecular formula is C21H25N3O3. The van der Waals surface area contributed by atoms with Crippen molar-refractivity contribution in [1.29, 1.82) is 0 Å². The highest BCUT2D eigenvalue weighted by Crippen LogP contribution is 2.35. The van der Waals surface area contributed by atoms with Gasteiger partial charge in [0, 0.05) is 42.3 Å². The summed E-state index contributed by atoms with van der Waals surface area (Å²) in [6.45, 7) is 1.51. The maximum absolute atomic E-state index is 12.8. The van der Waals surface area contributed by atoms with Gasteiger partial charge in [-0.3, -0.25) is 19.5 Å². The number of benzene rings is 1. The second-order valence-electron chi connectivity index (χ2n) is 7.71. The number of carbonyl (C=O) groups is 2. The first kappa shape index (κ1) is 17.9. The molecule has 2 aromatic rings. The van der Waals surface area contributed by atoms with Crippen LogP contribution in [-0.2, 0) is 4.79 Å². The molecule has 2 fully saturated rings. The minimum absolute atomic E-state index is 0.0896. The standard InChI is InChI=1S/C21H25N3O3/c25-20(26)11-15-8-9-16(24(15)13-14-6-7-14)12-23-21(27)18-3-1-5-19-17(18)4-2-10-22-19/h1-5,10,14-16H,6-9,11-13H2,(H,23,27)(H,25,26)/t15-,16+/m1/s1. The molecule has 1 aromatic heterocycles. The number of hydrogen-bond donors (Lipinski definition) is 2. The third kappa shape index (κ3) is 4.11. The molecule has 0 unspecified atom stereocenters. The minimum Gasteiger partial charge on any atom is -0.481 e. The summed E-state index contributed by atoms with van der Waals surface area (Å²) in [6, 6.07) is 9.63. The molecule has 2 aliphatic rings. The Labute approximate surface area is 158 Å². The monoisotopic (exact) mass is 367 g/mol. The van der Waals surface area contributed by atoms with Crippen LogP contribution in [0.5, 0.6) is 0 Å². The van der Waals surface area contributed by atoms with Crippen LogP contribution in [-0.4, -0.2) is 52.0 Å². The molecule has 0 radical (unpaired) electrons. The van der Waals surface area contributed by atoms with E-state index >= 15 is 0 Å². The predicted octanol–water partition coefficient (Wildman–Crippen LogP) is 2.68. The van der Waals surface area contributed by atoms with E-state index in [1.54, 1.807) is 6.20 Å². The number of aliphatic carboxylic acids is 1. The molecule has 2 heterocycles. The van der Waals surface area contributed by atoms with Gasteiger partial charge in [0.25, 0.3) is 5.91 Å². The van der Waals surface area contributed by atoms with Crippen LogP contribution in [0.1, 0.15) is 42.5 Å². The van der Waals surface area contributed by atoms with Crippen LogP contribution >= 0.6 is 0 Å². The highest BCUT2D eigenvalue weighted by Gasteiger charge is 2.38. The van der Waals surface area contributed by atoms with Gasteiger partial charge in [0.2, 0.25) is 0 Å². The number of carboxylic acid groups (broad SMARTS) is 1. The minimum atomic E-state index is -0.742. The van der Waals surface area contributed by atoms with E-state index in [1.165, 1.54) is 12.8 Å². The average molecular weight is 367 g/mol. The molecule has 1 saturated carbocycles. The molecule has 1 aliphatic carbocycles. The molecule has 4 rings (SSSR count). The van der Waals surface area contributed by atoms with Gasteiger partial charge >= 0.3 is 5.97 Å². The lowest BCUT2D eigenvalue weighted by atomic mass is 10.1. The third-order valence-corrected chi connectivity index (χ3v) is 5.74. The Morgan fingerprint density at radius 3 is 2.70 bits per heavy atom. The average Bonchev–Trinajstić information content (AvgIpc) is 3.41. The van der Waals surface area contributed by atoms with Crippen LogP contribution in [0, 0.1) is 5.92 Å². The van der Waals surface area contributed by atoms with Gasteiger partial charge in [0.05, 0.1) is 11.9 Å². The lowest BCUT2D eigenvalue weighted by molar-refractivity contribution is -0.138. The van der Waals surface area contributed by atoms with Gasteiger partial charge < -0.3 is 10.4 Å². The zero-order valence-electron chi connectivity index (χ0n) is 15.3. The summed E-state index contributed by atoms with van der Waals surface area (Å²) in [7, 11) is 0. The van der Waals surface area contributed by atoms with Gasteiger partial charge in [-0.15, -0.1) is 0 Å². The SMILES string of the molecule is O=C(O)C[C@H]1CC[C@@H](CNC(=O)c2cccc3ncccc23)N1CC1CC1. The molecule has 1 amide bonds. The first-order valence-corrected chi connectivity index (χ1v) is 9.71. The van der Waals surface area contributed by atoms with Crippen LogP contribution in [0.25, 0.3) is 10.9 Å². The quantitative estimate of drug-likeness (QED) is 0.786. The number of nitrogens with zero attached hydrogens (tertiary/aromatic N) is 2. The van der Waals surface area contributed by atoms with Gasteiger partial charge in [0.15, 0.2) is 0 Å². The molecule has 1 aromatic carbocycles. The van der Waals surface area contributed by atoms with Crippen molar-refractivity contribution in [3.8, 4) is 0 Å². The first-order valence-electron chi connectivity index (χ1n) is 9.71. The van der Waals surface area contributed by atoms with Crippen molar-refractivity contribution in [3.05, 3.63) is 42.1 Å². The Morgan fingerprint density at radius 1 is 1.11 bits per heavy atom. The van der Waals surface area contributed by atoms with E-state index in [0.717, 1.165) is 30.3 Å². The number of carbonyl (C=O) groups excluding carboxylic acids is 1. The maximum Gasteiger partial charge on any atom is 0.304 e. The van der Waals surface area contributed by atoms with Crippen molar-refractivity contribution in [2.24, 2.45) is 5.92 Å². The van der Waals surface area contributed by atoms with Crippen LogP contribution in [0.4, 0.5) is 0 Å². The van der Waals surface area contributed by atoms with Crippen LogP contribution < -0.4 is 5.32 Å². The second kappa shape index (κ2) is 7.64. The second-order valence-corrected chi connectivity index (χ2v) is 7.71. The van der Waals surface area contributed by atoms with Gasteiger partial charge in [-0.05, 0) is 49.8 Å². The molecule has 1 saturated heterocycles. The van der Waals surface area contributed by atoms with Crippen molar-refractivity contribution < 1.29 is 14.7 Å². The molecule has 2 N–H and O–H groups in total. The fourth-order valence-corrected chi connectivity index (χ4v) is 4.16. The van der Waals surface area contributed by atoms with E-state index in [2.05, 4.69) is 15.2 Å². The molecule has 6 nitrogen and oxygen atoms in total. The van der Waals surface area contributed by atoms with Crippen molar-refractivity contribution >= 4 is 22.8 Å². The van der Waals surface area contributed by atoms with E-state index in [4.69, 9.17) is 0 Å². The normalized spacial score (nSPS) is 22.8. The fraction of sp³-hybridized carbons (Fsp3) is 0.476. The van der Waals surface area contributed by atoms with Crippen molar-refractivity contribution in [2.45, 2.75) is 44.2 Å². The number of nitrogens with one attached hydrogen (secondary N) is 1. The third-order valence-electron chi connectivity index (χ3n) is 5.74. The summed E-state index contributed by atoms with van der Waals surface area (Å²) in [5.41, 5.74) is 1.44. The Morgan fingerprint density at radius 2 is 1.93 bits per heavy atom. The fourth-order valence-electron chi connectivity index (χ4n) is 4.16. The largest absolute Gasteiger partial charge is 0.481 e. The summed E-state index contributed by atoms with van der Waals surface area (Å²) in [5.74, 6) is -0.142. The van der Waals surface area contributed by atoms with E-state index in [1.807, 2.05) is 30.3 Å². The predicted molar refractivity (Wildman–Crippen MR) is 103 cm³/mol. The molecule has 0 bridgehead atoms. The highest BCUT2D eigenvalue weighted by molar-refractivity contribution is 6.06. The van der Waals surface area contributed by atoms with Crippen molar-refractivity contribution in [3.63, 3.8) is 0 Å².